The fraction of sp³-hybridized carbons (Fsp3) is 0.188. The summed E-state index contributed by atoms with van der Waals surface area (Å²) in [6.45, 7) is 1.30. The van der Waals surface area contributed by atoms with Crippen LogP contribution in [-0.2, 0) is 13.0 Å². The third-order valence-corrected chi connectivity index (χ3v) is 4.23. The largest absolute Gasteiger partial charge is 0.472 e. The smallest absolute Gasteiger partial charge is 0.257 e. The van der Waals surface area contributed by atoms with E-state index in [0.717, 1.165) is 22.9 Å². The van der Waals surface area contributed by atoms with Crippen LogP contribution in [0.15, 0.2) is 41.2 Å². The predicted octanol–water partition coefficient (Wildman–Crippen LogP) is 3.61. The van der Waals surface area contributed by atoms with Gasteiger partial charge in [-0.2, -0.15) is 0 Å². The molecule has 1 aliphatic heterocycles. The lowest BCUT2D eigenvalue weighted by atomic mass is 10.0. The van der Waals surface area contributed by atoms with E-state index in [1.807, 2.05) is 23.1 Å². The van der Waals surface area contributed by atoms with Gasteiger partial charge in [-0.05, 0) is 24.3 Å². The molecular formula is C16H13ClN2O2. The Bertz CT molecular complexity index is 820. The number of carbonyl (C=O) groups is 1. The molecule has 0 saturated carbocycles. The molecule has 0 fully saturated rings. The number of hydrogen-bond donors (Lipinski definition) is 1. The average Bonchev–Trinajstić information content (AvgIpc) is 3.13. The molecule has 1 aromatic carbocycles. The highest BCUT2D eigenvalue weighted by Gasteiger charge is 2.25. The molecule has 1 amide bonds. The van der Waals surface area contributed by atoms with E-state index in [2.05, 4.69) is 4.98 Å². The van der Waals surface area contributed by atoms with Gasteiger partial charge in [0, 0.05) is 46.7 Å². The average molecular weight is 301 g/mol. The van der Waals surface area contributed by atoms with Gasteiger partial charge in [0.15, 0.2) is 0 Å². The Balaban J connectivity index is 1.72. The van der Waals surface area contributed by atoms with Crippen molar-refractivity contribution >= 4 is 28.4 Å². The zero-order valence-corrected chi connectivity index (χ0v) is 12.0. The molecule has 0 spiro atoms. The molecule has 1 aliphatic rings. The van der Waals surface area contributed by atoms with Crippen LogP contribution in [0.5, 0.6) is 0 Å². The van der Waals surface area contributed by atoms with Gasteiger partial charge in [-0.25, -0.2) is 0 Å². The zero-order valence-electron chi connectivity index (χ0n) is 11.2. The number of hydrogen-bond acceptors (Lipinski definition) is 2. The van der Waals surface area contributed by atoms with Crippen LogP contribution < -0.4 is 0 Å². The van der Waals surface area contributed by atoms with Crippen LogP contribution in [0.2, 0.25) is 5.02 Å². The zero-order chi connectivity index (χ0) is 14.4. The first-order valence-corrected chi connectivity index (χ1v) is 7.20. The van der Waals surface area contributed by atoms with Crippen molar-refractivity contribution in [1.82, 2.24) is 9.88 Å². The Labute approximate surface area is 126 Å². The van der Waals surface area contributed by atoms with E-state index >= 15 is 0 Å². The van der Waals surface area contributed by atoms with Crippen molar-refractivity contribution in [3.05, 3.63) is 58.6 Å². The van der Waals surface area contributed by atoms with Crippen molar-refractivity contribution in [1.29, 1.82) is 0 Å². The lowest BCUT2D eigenvalue weighted by molar-refractivity contribution is 0.0734. The Morgan fingerprint density at radius 2 is 2.24 bits per heavy atom. The lowest BCUT2D eigenvalue weighted by Gasteiger charge is -2.26. The van der Waals surface area contributed by atoms with Gasteiger partial charge in [0.05, 0.1) is 11.8 Å². The fourth-order valence-corrected chi connectivity index (χ4v) is 3.10. The van der Waals surface area contributed by atoms with E-state index in [1.54, 1.807) is 6.07 Å². The predicted molar refractivity (Wildman–Crippen MR) is 80.5 cm³/mol. The number of rotatable bonds is 1. The summed E-state index contributed by atoms with van der Waals surface area (Å²) in [5.74, 6) is 0.00535. The highest BCUT2D eigenvalue weighted by Crippen LogP contribution is 2.30. The minimum absolute atomic E-state index is 0.00535. The third kappa shape index (κ3) is 2.03. The molecule has 3 heterocycles. The summed E-state index contributed by atoms with van der Waals surface area (Å²) < 4.78 is 5.00. The van der Waals surface area contributed by atoms with Gasteiger partial charge in [0.25, 0.3) is 5.91 Å². The molecule has 21 heavy (non-hydrogen) atoms. The van der Waals surface area contributed by atoms with E-state index in [9.17, 15) is 4.79 Å². The van der Waals surface area contributed by atoms with Crippen LogP contribution in [0.3, 0.4) is 0 Å². The summed E-state index contributed by atoms with van der Waals surface area (Å²) in [5.41, 5.74) is 4.03. The van der Waals surface area contributed by atoms with Crippen LogP contribution >= 0.6 is 11.6 Å². The molecule has 0 saturated heterocycles. The number of carbonyl (C=O) groups excluding carboxylic acids is 1. The highest BCUT2D eigenvalue weighted by molar-refractivity contribution is 6.31. The summed E-state index contributed by atoms with van der Waals surface area (Å²) in [6, 6.07) is 7.51. The molecule has 0 aliphatic carbocycles. The van der Waals surface area contributed by atoms with Crippen molar-refractivity contribution in [2.45, 2.75) is 13.0 Å². The summed E-state index contributed by atoms with van der Waals surface area (Å²) in [6.07, 6.45) is 3.84. The first-order chi connectivity index (χ1) is 10.2. The number of amides is 1. The minimum atomic E-state index is 0.00535. The number of aromatic nitrogens is 1. The molecule has 0 unspecified atom stereocenters. The molecule has 4 nitrogen and oxygen atoms in total. The van der Waals surface area contributed by atoms with Crippen molar-refractivity contribution in [2.75, 3.05) is 6.54 Å². The summed E-state index contributed by atoms with van der Waals surface area (Å²) in [5, 5.41) is 1.81. The van der Waals surface area contributed by atoms with Crippen LogP contribution in [0.1, 0.15) is 21.6 Å². The second-order valence-electron chi connectivity index (χ2n) is 5.26. The highest BCUT2D eigenvalue weighted by atomic mass is 35.5. The molecule has 1 N–H and O–H groups in total. The lowest BCUT2D eigenvalue weighted by Crippen LogP contribution is -2.35. The Morgan fingerprint density at radius 3 is 3.05 bits per heavy atom. The van der Waals surface area contributed by atoms with E-state index in [1.165, 1.54) is 18.2 Å². The second-order valence-corrected chi connectivity index (χ2v) is 5.70. The number of nitrogens with zero attached hydrogens (tertiary/aromatic N) is 1. The Morgan fingerprint density at radius 1 is 1.33 bits per heavy atom. The van der Waals surface area contributed by atoms with Crippen molar-refractivity contribution in [3.63, 3.8) is 0 Å². The van der Waals surface area contributed by atoms with Crippen LogP contribution in [0, 0.1) is 0 Å². The first-order valence-electron chi connectivity index (χ1n) is 6.83. The number of aromatic amines is 1. The first kappa shape index (κ1) is 12.5. The maximum Gasteiger partial charge on any atom is 0.257 e. The number of halogens is 1. The molecule has 106 valence electrons. The monoisotopic (exact) mass is 300 g/mol. The second kappa shape index (κ2) is 4.67. The molecule has 5 heteroatoms. The molecule has 2 aromatic heterocycles. The molecule has 0 radical (unpaired) electrons. The van der Waals surface area contributed by atoms with Crippen molar-refractivity contribution in [3.8, 4) is 0 Å². The van der Waals surface area contributed by atoms with Gasteiger partial charge in [-0.1, -0.05) is 11.6 Å². The Kier molecular flexibility index (Phi) is 2.79. The quantitative estimate of drug-likeness (QED) is 0.746. The van der Waals surface area contributed by atoms with Gasteiger partial charge in [-0.3, -0.25) is 4.79 Å². The van der Waals surface area contributed by atoms with E-state index in [0.29, 0.717) is 23.7 Å². The van der Waals surface area contributed by atoms with Gasteiger partial charge in [0.2, 0.25) is 0 Å². The standard InChI is InChI=1S/C16H13ClN2O2/c17-11-1-2-14-12(7-11)13-8-19(5-3-15(13)18-14)16(20)10-4-6-21-9-10/h1-2,4,6-7,9,18H,3,5,8H2. The number of furan rings is 1. The SMILES string of the molecule is O=C(c1ccoc1)N1CCc2[nH]c3ccc(Cl)cc3c2C1. The van der Waals surface area contributed by atoms with Gasteiger partial charge < -0.3 is 14.3 Å². The molecule has 3 aromatic rings. The number of benzene rings is 1. The molecular weight excluding hydrogens is 288 g/mol. The topological polar surface area (TPSA) is 49.2 Å². The van der Waals surface area contributed by atoms with Crippen molar-refractivity contribution < 1.29 is 9.21 Å². The van der Waals surface area contributed by atoms with E-state index in [-0.39, 0.29) is 5.91 Å². The normalized spacial score (nSPS) is 14.4. The fourth-order valence-electron chi connectivity index (χ4n) is 2.93. The number of fused-ring (bicyclic) bond motifs is 3. The molecule has 0 bridgehead atoms. The summed E-state index contributed by atoms with van der Waals surface area (Å²) in [4.78, 5) is 17.7. The molecule has 0 atom stereocenters. The van der Waals surface area contributed by atoms with Crippen LogP contribution in [0.4, 0.5) is 0 Å². The maximum atomic E-state index is 12.4. The van der Waals surface area contributed by atoms with Gasteiger partial charge in [0.1, 0.15) is 6.26 Å². The number of nitrogens with one attached hydrogen (secondary N) is 1. The summed E-state index contributed by atoms with van der Waals surface area (Å²) >= 11 is 6.09. The molecule has 4 rings (SSSR count). The van der Waals surface area contributed by atoms with Gasteiger partial charge >= 0.3 is 0 Å². The summed E-state index contributed by atoms with van der Waals surface area (Å²) in [7, 11) is 0. The van der Waals surface area contributed by atoms with Crippen molar-refractivity contribution in [2.24, 2.45) is 0 Å². The Hall–Kier alpha value is -2.20. The number of H-pyrrole nitrogens is 1. The maximum absolute atomic E-state index is 12.4. The van der Waals surface area contributed by atoms with E-state index in [4.69, 9.17) is 16.0 Å². The van der Waals surface area contributed by atoms with Gasteiger partial charge in [-0.15, -0.1) is 0 Å². The van der Waals surface area contributed by atoms with Crippen LogP contribution in [-0.4, -0.2) is 22.3 Å². The minimum Gasteiger partial charge on any atom is -0.472 e. The van der Waals surface area contributed by atoms with Crippen LogP contribution in [0.25, 0.3) is 10.9 Å². The third-order valence-electron chi connectivity index (χ3n) is 3.99. The van der Waals surface area contributed by atoms with E-state index < -0.39 is 0 Å².